The van der Waals surface area contributed by atoms with Crippen LogP contribution in [0.1, 0.15) is 16.4 Å². The molecule has 0 bridgehead atoms. The summed E-state index contributed by atoms with van der Waals surface area (Å²) >= 11 is 7.29. The van der Waals surface area contributed by atoms with E-state index in [1.54, 1.807) is 18.4 Å². The quantitative estimate of drug-likeness (QED) is 0.377. The second-order valence-electron chi connectivity index (χ2n) is 6.42. The molecule has 0 fully saturated rings. The highest BCUT2D eigenvalue weighted by atomic mass is 32.1. The molecule has 0 radical (unpaired) electrons. The third kappa shape index (κ3) is 4.03. The van der Waals surface area contributed by atoms with Crippen molar-refractivity contribution in [3.05, 3.63) is 82.7 Å². The van der Waals surface area contributed by atoms with Gasteiger partial charge in [-0.25, -0.2) is 0 Å². The van der Waals surface area contributed by atoms with Crippen molar-refractivity contribution in [1.82, 2.24) is 10.3 Å². The van der Waals surface area contributed by atoms with Crippen LogP contribution in [0.5, 0.6) is 5.75 Å². The molecule has 4 nitrogen and oxygen atoms in total. The van der Waals surface area contributed by atoms with Gasteiger partial charge in [0.1, 0.15) is 5.75 Å². The van der Waals surface area contributed by atoms with Crippen molar-refractivity contribution in [3.63, 3.8) is 0 Å². The third-order valence-corrected chi connectivity index (χ3v) is 5.91. The lowest BCUT2D eigenvalue weighted by molar-refractivity contribution is 0.415. The van der Waals surface area contributed by atoms with Crippen LogP contribution in [0.2, 0.25) is 0 Å². The monoisotopic (exact) mass is 407 g/mol. The molecule has 2 aromatic heterocycles. The number of hydrogen-bond donors (Lipinski definition) is 3. The van der Waals surface area contributed by atoms with E-state index in [1.807, 2.05) is 30.3 Å². The van der Waals surface area contributed by atoms with Crippen LogP contribution in [-0.4, -0.2) is 23.8 Å². The van der Waals surface area contributed by atoms with Gasteiger partial charge in [-0.2, -0.15) is 0 Å². The van der Waals surface area contributed by atoms with Gasteiger partial charge in [0.25, 0.3) is 0 Å². The fourth-order valence-corrected chi connectivity index (χ4v) is 4.35. The second kappa shape index (κ2) is 8.46. The van der Waals surface area contributed by atoms with Gasteiger partial charge in [-0.05, 0) is 47.4 Å². The van der Waals surface area contributed by atoms with Crippen LogP contribution in [-0.2, 0) is 0 Å². The van der Waals surface area contributed by atoms with E-state index >= 15 is 0 Å². The zero-order valence-corrected chi connectivity index (χ0v) is 17.1. The molecule has 0 spiro atoms. The number of benzene rings is 2. The van der Waals surface area contributed by atoms with E-state index in [1.165, 1.54) is 15.8 Å². The number of rotatable bonds is 6. The SMILES string of the molecule is COc1cccc(NC(=S)NCC(c2cccs2)c2c[nH]c3ccccc23)c1. The van der Waals surface area contributed by atoms with Gasteiger partial charge in [0.05, 0.1) is 7.11 Å². The number of H-pyrrole nitrogens is 1. The summed E-state index contributed by atoms with van der Waals surface area (Å²) in [6.07, 6.45) is 2.11. The molecule has 0 aliphatic rings. The highest BCUT2D eigenvalue weighted by Gasteiger charge is 2.19. The summed E-state index contributed by atoms with van der Waals surface area (Å²) in [6, 6.07) is 20.4. The minimum atomic E-state index is 0.209. The molecule has 0 saturated carbocycles. The summed E-state index contributed by atoms with van der Waals surface area (Å²) < 4.78 is 5.27. The summed E-state index contributed by atoms with van der Waals surface area (Å²) in [5.74, 6) is 1.00. The Morgan fingerprint density at radius 3 is 2.86 bits per heavy atom. The Morgan fingerprint density at radius 1 is 1.14 bits per heavy atom. The zero-order chi connectivity index (χ0) is 19.3. The van der Waals surface area contributed by atoms with Crippen molar-refractivity contribution in [3.8, 4) is 5.75 Å². The molecule has 28 heavy (non-hydrogen) atoms. The van der Waals surface area contributed by atoms with Gasteiger partial charge in [0, 0.05) is 46.2 Å². The number of nitrogens with one attached hydrogen (secondary N) is 3. The van der Waals surface area contributed by atoms with Crippen molar-refractivity contribution >= 4 is 45.3 Å². The number of methoxy groups -OCH3 is 1. The molecule has 1 atom stereocenters. The maximum Gasteiger partial charge on any atom is 0.170 e. The second-order valence-corrected chi connectivity index (χ2v) is 7.81. The van der Waals surface area contributed by atoms with Crippen molar-refractivity contribution in [2.75, 3.05) is 19.0 Å². The van der Waals surface area contributed by atoms with Gasteiger partial charge >= 0.3 is 0 Å². The Morgan fingerprint density at radius 2 is 2.04 bits per heavy atom. The molecule has 0 aliphatic heterocycles. The Balaban J connectivity index is 1.51. The third-order valence-electron chi connectivity index (χ3n) is 4.68. The number of anilines is 1. The first-order valence-electron chi connectivity index (χ1n) is 9.03. The maximum absolute atomic E-state index is 5.52. The molecule has 2 aromatic carbocycles. The van der Waals surface area contributed by atoms with Crippen LogP contribution in [0.4, 0.5) is 5.69 Å². The van der Waals surface area contributed by atoms with E-state index in [0.29, 0.717) is 11.7 Å². The molecule has 4 aromatic rings. The standard InChI is InChI=1S/C22H21N3OS2/c1-26-16-7-4-6-15(12-16)25-22(27)24-14-19(21-10-5-11-28-21)18-13-23-20-9-3-2-8-17(18)20/h2-13,19,23H,14H2,1H3,(H2,24,25,27). The van der Waals surface area contributed by atoms with Crippen LogP contribution in [0.15, 0.2) is 72.2 Å². The molecular weight excluding hydrogens is 386 g/mol. The molecule has 0 saturated heterocycles. The van der Waals surface area contributed by atoms with Crippen LogP contribution in [0.25, 0.3) is 10.9 Å². The number of thiophene rings is 1. The summed E-state index contributed by atoms with van der Waals surface area (Å²) in [7, 11) is 1.66. The van der Waals surface area contributed by atoms with Crippen LogP contribution >= 0.6 is 23.6 Å². The molecule has 4 rings (SSSR count). The fraction of sp³-hybridized carbons (Fsp3) is 0.136. The van der Waals surface area contributed by atoms with E-state index in [0.717, 1.165) is 17.0 Å². The first kappa shape index (κ1) is 18.5. The maximum atomic E-state index is 5.52. The van der Waals surface area contributed by atoms with Crippen molar-refractivity contribution in [2.45, 2.75) is 5.92 Å². The fourth-order valence-electron chi connectivity index (χ4n) is 3.31. The topological polar surface area (TPSA) is 49.1 Å². The van der Waals surface area contributed by atoms with E-state index in [2.05, 4.69) is 57.5 Å². The Kier molecular flexibility index (Phi) is 5.60. The van der Waals surface area contributed by atoms with E-state index in [4.69, 9.17) is 17.0 Å². The highest BCUT2D eigenvalue weighted by Crippen LogP contribution is 2.32. The number of para-hydroxylation sites is 1. The van der Waals surface area contributed by atoms with Crippen LogP contribution in [0.3, 0.4) is 0 Å². The number of thiocarbonyl (C=S) groups is 1. The molecule has 142 valence electrons. The van der Waals surface area contributed by atoms with E-state index < -0.39 is 0 Å². The van der Waals surface area contributed by atoms with Crippen molar-refractivity contribution in [2.24, 2.45) is 0 Å². The van der Waals surface area contributed by atoms with Gasteiger partial charge in [-0.15, -0.1) is 11.3 Å². The van der Waals surface area contributed by atoms with Gasteiger partial charge in [0.2, 0.25) is 0 Å². The van der Waals surface area contributed by atoms with Gasteiger partial charge < -0.3 is 20.4 Å². The Labute approximate surface area is 173 Å². The van der Waals surface area contributed by atoms with Gasteiger partial charge in [0.15, 0.2) is 5.11 Å². The molecular formula is C22H21N3OS2. The molecule has 2 heterocycles. The Hall–Kier alpha value is -2.83. The predicted octanol–water partition coefficient (Wildman–Crippen LogP) is 5.36. The lowest BCUT2D eigenvalue weighted by atomic mass is 9.97. The minimum absolute atomic E-state index is 0.209. The number of ether oxygens (including phenoxy) is 1. The molecule has 0 aliphatic carbocycles. The number of hydrogen-bond acceptors (Lipinski definition) is 3. The van der Waals surface area contributed by atoms with Crippen molar-refractivity contribution in [1.29, 1.82) is 0 Å². The highest BCUT2D eigenvalue weighted by molar-refractivity contribution is 7.80. The zero-order valence-electron chi connectivity index (χ0n) is 15.4. The van der Waals surface area contributed by atoms with Crippen molar-refractivity contribution < 1.29 is 4.74 Å². The van der Waals surface area contributed by atoms with E-state index in [9.17, 15) is 0 Å². The molecule has 0 amide bonds. The molecule has 3 N–H and O–H groups in total. The largest absolute Gasteiger partial charge is 0.497 e. The summed E-state index contributed by atoms with van der Waals surface area (Å²) in [6.45, 7) is 0.707. The Bertz CT molecular complexity index is 1070. The lowest BCUT2D eigenvalue weighted by Gasteiger charge is -2.18. The average Bonchev–Trinajstić information content (AvgIpc) is 3.39. The predicted molar refractivity (Wildman–Crippen MR) is 122 cm³/mol. The van der Waals surface area contributed by atoms with Crippen LogP contribution < -0.4 is 15.4 Å². The number of aromatic amines is 1. The summed E-state index contributed by atoms with van der Waals surface area (Å²) in [4.78, 5) is 4.69. The lowest BCUT2D eigenvalue weighted by Crippen LogP contribution is -2.32. The normalized spacial score (nSPS) is 11.9. The van der Waals surface area contributed by atoms with Gasteiger partial charge in [-0.3, -0.25) is 0 Å². The van der Waals surface area contributed by atoms with E-state index in [-0.39, 0.29) is 5.92 Å². The summed E-state index contributed by atoms with van der Waals surface area (Å²) in [5.41, 5.74) is 3.32. The number of fused-ring (bicyclic) bond motifs is 1. The molecule has 1 unspecified atom stereocenters. The molecule has 6 heteroatoms. The average molecular weight is 408 g/mol. The first-order chi connectivity index (χ1) is 13.7. The van der Waals surface area contributed by atoms with Gasteiger partial charge in [-0.1, -0.05) is 30.3 Å². The summed E-state index contributed by atoms with van der Waals surface area (Å²) in [5, 5.41) is 10.6. The first-order valence-corrected chi connectivity index (χ1v) is 10.3. The minimum Gasteiger partial charge on any atom is -0.497 e. The van der Waals surface area contributed by atoms with Crippen LogP contribution in [0, 0.1) is 0 Å². The smallest absolute Gasteiger partial charge is 0.170 e. The number of aromatic nitrogens is 1.